The molecule has 4 nitrogen and oxygen atoms in total. The zero-order valence-corrected chi connectivity index (χ0v) is 7.32. The van der Waals surface area contributed by atoms with Gasteiger partial charge in [-0.2, -0.15) is 0 Å². The van der Waals surface area contributed by atoms with Crippen LogP contribution in [0, 0.1) is 11.8 Å². The molecule has 1 amide bonds. The average Bonchev–Trinajstić information content (AvgIpc) is 2.85. The van der Waals surface area contributed by atoms with Gasteiger partial charge in [0, 0.05) is 12.5 Å². The van der Waals surface area contributed by atoms with Crippen molar-refractivity contribution in [2.24, 2.45) is 11.8 Å². The Bertz CT molecular complexity index is 247. The van der Waals surface area contributed by atoms with Gasteiger partial charge in [-0.1, -0.05) is 0 Å². The molecular weight excluding hydrogens is 170 g/mol. The summed E-state index contributed by atoms with van der Waals surface area (Å²) in [7, 11) is 0. The van der Waals surface area contributed by atoms with Gasteiger partial charge in [0.25, 0.3) is 0 Å². The van der Waals surface area contributed by atoms with E-state index in [2.05, 4.69) is 5.32 Å². The molecule has 2 fully saturated rings. The number of carbonyl (C=O) groups is 2. The maximum atomic E-state index is 11.1. The number of nitrogens with one attached hydrogen (secondary N) is 1. The minimum Gasteiger partial charge on any atom is -0.481 e. The van der Waals surface area contributed by atoms with Crippen LogP contribution in [0.2, 0.25) is 0 Å². The van der Waals surface area contributed by atoms with Crippen LogP contribution in [-0.4, -0.2) is 23.0 Å². The molecule has 1 heterocycles. The summed E-state index contributed by atoms with van der Waals surface area (Å²) in [5, 5.41) is 11.7. The van der Waals surface area contributed by atoms with Crippen LogP contribution in [0.25, 0.3) is 0 Å². The topological polar surface area (TPSA) is 66.4 Å². The fourth-order valence-electron chi connectivity index (χ4n) is 1.94. The van der Waals surface area contributed by atoms with Crippen LogP contribution in [0.3, 0.4) is 0 Å². The molecule has 0 radical (unpaired) electrons. The van der Waals surface area contributed by atoms with Crippen LogP contribution in [-0.2, 0) is 9.59 Å². The molecule has 0 bridgehead atoms. The molecule has 0 aromatic carbocycles. The number of aliphatic carboxylic acids is 1. The van der Waals surface area contributed by atoms with Gasteiger partial charge >= 0.3 is 5.97 Å². The molecule has 1 saturated carbocycles. The first kappa shape index (κ1) is 8.53. The fraction of sp³-hybridized carbons (Fsp3) is 0.778. The Kier molecular flexibility index (Phi) is 1.98. The number of carbonyl (C=O) groups excluding carboxylic acids is 1. The first-order chi connectivity index (χ1) is 6.16. The Labute approximate surface area is 76.3 Å². The third kappa shape index (κ3) is 1.82. The number of hydrogen-bond donors (Lipinski definition) is 2. The maximum absolute atomic E-state index is 11.1. The molecule has 0 aromatic heterocycles. The highest BCUT2D eigenvalue weighted by Crippen LogP contribution is 2.37. The molecular formula is C9H13NO3. The van der Waals surface area contributed by atoms with E-state index in [4.69, 9.17) is 5.11 Å². The van der Waals surface area contributed by atoms with Gasteiger partial charge in [-0.15, -0.1) is 0 Å². The predicted molar refractivity (Wildman–Crippen MR) is 45.0 cm³/mol. The maximum Gasteiger partial charge on any atom is 0.307 e. The minimum atomic E-state index is -0.833. The number of carboxylic acids is 1. The largest absolute Gasteiger partial charge is 0.481 e. The van der Waals surface area contributed by atoms with E-state index in [0.29, 0.717) is 12.3 Å². The lowest BCUT2D eigenvalue weighted by molar-refractivity contribution is -0.146. The van der Waals surface area contributed by atoms with E-state index >= 15 is 0 Å². The fourth-order valence-corrected chi connectivity index (χ4v) is 1.94. The Balaban J connectivity index is 1.99. The number of amides is 1. The average molecular weight is 183 g/mol. The highest BCUT2D eigenvalue weighted by molar-refractivity contribution is 5.83. The number of hydrogen-bond acceptors (Lipinski definition) is 2. The Hall–Kier alpha value is -1.06. The quantitative estimate of drug-likeness (QED) is 0.650. The second-order valence-electron chi connectivity index (χ2n) is 3.99. The van der Waals surface area contributed by atoms with Gasteiger partial charge in [-0.05, 0) is 25.2 Å². The van der Waals surface area contributed by atoms with Crippen LogP contribution in [0.15, 0.2) is 0 Å². The summed E-state index contributed by atoms with van der Waals surface area (Å²) in [5.74, 6) is -0.846. The molecule has 2 N–H and O–H groups in total. The summed E-state index contributed by atoms with van der Waals surface area (Å²) in [6.07, 6.45) is 3.04. The minimum absolute atomic E-state index is 0.101. The zero-order chi connectivity index (χ0) is 9.42. The lowest BCUT2D eigenvalue weighted by Gasteiger charge is -2.27. The summed E-state index contributed by atoms with van der Waals surface area (Å²) in [5.41, 5.74) is 0. The van der Waals surface area contributed by atoms with Crippen molar-refractivity contribution in [3.63, 3.8) is 0 Å². The SMILES string of the molecule is O=C1CC(C(=O)O)CC(C2CC2)N1. The van der Waals surface area contributed by atoms with Gasteiger partial charge in [0.15, 0.2) is 0 Å². The molecule has 2 rings (SSSR count). The predicted octanol–water partition coefficient (Wildman–Crippen LogP) is 0.376. The van der Waals surface area contributed by atoms with E-state index < -0.39 is 11.9 Å². The van der Waals surface area contributed by atoms with Crippen LogP contribution in [0.4, 0.5) is 0 Å². The summed E-state index contributed by atoms with van der Waals surface area (Å²) in [4.78, 5) is 21.9. The van der Waals surface area contributed by atoms with Gasteiger partial charge in [0.2, 0.25) is 5.91 Å². The third-order valence-electron chi connectivity index (χ3n) is 2.86. The Morgan fingerprint density at radius 1 is 1.46 bits per heavy atom. The van der Waals surface area contributed by atoms with Crippen LogP contribution >= 0.6 is 0 Å². The van der Waals surface area contributed by atoms with Crippen LogP contribution in [0.1, 0.15) is 25.7 Å². The normalized spacial score (nSPS) is 34.0. The molecule has 13 heavy (non-hydrogen) atoms. The van der Waals surface area contributed by atoms with Gasteiger partial charge in [0.1, 0.15) is 0 Å². The summed E-state index contributed by atoms with van der Waals surface area (Å²) >= 11 is 0. The van der Waals surface area contributed by atoms with Crippen molar-refractivity contribution >= 4 is 11.9 Å². The molecule has 72 valence electrons. The van der Waals surface area contributed by atoms with Crippen molar-refractivity contribution in [2.45, 2.75) is 31.7 Å². The van der Waals surface area contributed by atoms with Crippen molar-refractivity contribution in [3.05, 3.63) is 0 Å². The second kappa shape index (κ2) is 3.01. The summed E-state index contributed by atoms with van der Waals surface area (Å²) < 4.78 is 0. The van der Waals surface area contributed by atoms with Gasteiger partial charge in [-0.25, -0.2) is 0 Å². The van der Waals surface area contributed by atoms with E-state index in [1.165, 1.54) is 0 Å². The van der Waals surface area contributed by atoms with Crippen molar-refractivity contribution in [2.75, 3.05) is 0 Å². The molecule has 2 unspecified atom stereocenters. The first-order valence-electron chi connectivity index (χ1n) is 4.69. The van der Waals surface area contributed by atoms with Crippen LogP contribution in [0.5, 0.6) is 0 Å². The number of piperidine rings is 1. The molecule has 2 aliphatic rings. The van der Waals surface area contributed by atoms with Crippen LogP contribution < -0.4 is 5.32 Å². The van der Waals surface area contributed by atoms with E-state index in [0.717, 1.165) is 12.8 Å². The Morgan fingerprint density at radius 2 is 2.15 bits per heavy atom. The van der Waals surface area contributed by atoms with Gasteiger partial charge in [0.05, 0.1) is 5.92 Å². The van der Waals surface area contributed by atoms with E-state index in [1.54, 1.807) is 0 Å². The molecule has 1 aliphatic heterocycles. The van der Waals surface area contributed by atoms with Crippen molar-refractivity contribution in [1.29, 1.82) is 0 Å². The van der Waals surface area contributed by atoms with Crippen molar-refractivity contribution in [1.82, 2.24) is 5.32 Å². The number of carboxylic acid groups (broad SMARTS) is 1. The van der Waals surface area contributed by atoms with E-state index in [-0.39, 0.29) is 18.4 Å². The standard InChI is InChI=1S/C9H13NO3/c11-8-4-6(9(12)13)3-7(10-8)5-1-2-5/h5-7H,1-4H2,(H,10,11)(H,12,13). The molecule has 1 aliphatic carbocycles. The summed E-state index contributed by atoms with van der Waals surface area (Å²) in [6.45, 7) is 0. The van der Waals surface area contributed by atoms with E-state index in [1.807, 2.05) is 0 Å². The Morgan fingerprint density at radius 3 is 2.69 bits per heavy atom. The van der Waals surface area contributed by atoms with Crippen molar-refractivity contribution in [3.8, 4) is 0 Å². The first-order valence-corrected chi connectivity index (χ1v) is 4.69. The van der Waals surface area contributed by atoms with Gasteiger partial charge in [-0.3, -0.25) is 9.59 Å². The lowest BCUT2D eigenvalue weighted by atomic mass is 9.90. The van der Waals surface area contributed by atoms with Crippen molar-refractivity contribution < 1.29 is 14.7 Å². The highest BCUT2D eigenvalue weighted by atomic mass is 16.4. The molecule has 0 aromatic rings. The zero-order valence-electron chi connectivity index (χ0n) is 7.32. The second-order valence-corrected chi connectivity index (χ2v) is 3.99. The number of rotatable bonds is 2. The summed E-state index contributed by atoms with van der Waals surface area (Å²) in [6, 6.07) is 0.127. The molecule has 2 atom stereocenters. The lowest BCUT2D eigenvalue weighted by Crippen LogP contribution is -2.45. The smallest absolute Gasteiger partial charge is 0.307 e. The highest BCUT2D eigenvalue weighted by Gasteiger charge is 2.39. The van der Waals surface area contributed by atoms with Gasteiger partial charge < -0.3 is 10.4 Å². The monoisotopic (exact) mass is 183 g/mol. The molecule has 0 spiro atoms. The van der Waals surface area contributed by atoms with E-state index in [9.17, 15) is 9.59 Å². The third-order valence-corrected chi connectivity index (χ3v) is 2.86. The molecule has 4 heteroatoms. The molecule has 1 saturated heterocycles.